The van der Waals surface area contributed by atoms with Crippen molar-refractivity contribution in [3.05, 3.63) is 29.8 Å². The fourth-order valence-electron chi connectivity index (χ4n) is 2.11. The Balaban J connectivity index is 2.49. The number of aryl methyl sites for hydroxylation is 1. The van der Waals surface area contributed by atoms with Gasteiger partial charge in [0.2, 0.25) is 0 Å². The molecular weight excluding hydrogens is 281 g/mol. The van der Waals surface area contributed by atoms with Crippen LogP contribution in [0.4, 0.5) is 4.79 Å². The maximum absolute atomic E-state index is 12.1. The van der Waals surface area contributed by atoms with Crippen LogP contribution in [-0.2, 0) is 11.2 Å². The molecule has 21 heavy (non-hydrogen) atoms. The van der Waals surface area contributed by atoms with Crippen molar-refractivity contribution in [3.63, 3.8) is 0 Å². The first-order chi connectivity index (χ1) is 9.81. The molecular formula is C17H28NO2P. The summed E-state index contributed by atoms with van der Waals surface area (Å²) < 4.78 is 5.46. The third-order valence-corrected chi connectivity index (χ3v) is 3.35. The number of hydrogen-bond acceptors (Lipinski definition) is 2. The molecule has 1 aromatic rings. The van der Waals surface area contributed by atoms with Crippen LogP contribution in [0.3, 0.4) is 0 Å². The molecule has 1 rings (SSSR count). The highest BCUT2D eigenvalue weighted by atomic mass is 31.0. The van der Waals surface area contributed by atoms with Gasteiger partial charge < -0.3 is 9.64 Å². The zero-order valence-corrected chi connectivity index (χ0v) is 14.8. The molecule has 118 valence electrons. The third-order valence-electron chi connectivity index (χ3n) is 2.99. The average Bonchev–Trinajstić information content (AvgIpc) is 2.35. The van der Waals surface area contributed by atoms with Gasteiger partial charge in [-0.1, -0.05) is 31.2 Å². The number of amides is 1. The minimum absolute atomic E-state index is 0.204. The Labute approximate surface area is 131 Å². The predicted octanol–water partition coefficient (Wildman–Crippen LogP) is 3.77. The number of carbonyl (C=O) groups is 1. The molecule has 3 nitrogen and oxygen atoms in total. The Morgan fingerprint density at radius 2 is 2.00 bits per heavy atom. The molecule has 1 aromatic carbocycles. The van der Waals surface area contributed by atoms with E-state index in [4.69, 9.17) is 4.74 Å². The number of nitrogens with zero attached hydrogens (tertiary/aromatic N) is 1. The highest BCUT2D eigenvalue weighted by Crippen LogP contribution is 2.11. The van der Waals surface area contributed by atoms with Gasteiger partial charge >= 0.3 is 6.09 Å². The van der Waals surface area contributed by atoms with E-state index in [0.717, 1.165) is 32.4 Å². The van der Waals surface area contributed by atoms with Crippen molar-refractivity contribution >= 4 is 20.6 Å². The molecule has 0 aliphatic heterocycles. The van der Waals surface area contributed by atoms with Crippen LogP contribution in [0.5, 0.6) is 0 Å². The summed E-state index contributed by atoms with van der Waals surface area (Å²) in [7, 11) is 2.72. The lowest BCUT2D eigenvalue weighted by Gasteiger charge is -2.27. The number of benzene rings is 1. The summed E-state index contributed by atoms with van der Waals surface area (Å²) in [5, 5.41) is 1.20. The Bertz CT molecular complexity index is 454. The van der Waals surface area contributed by atoms with E-state index in [1.54, 1.807) is 0 Å². The zero-order valence-electron chi connectivity index (χ0n) is 13.7. The van der Waals surface area contributed by atoms with Gasteiger partial charge in [-0.25, -0.2) is 4.79 Å². The monoisotopic (exact) mass is 309 g/mol. The first kappa shape index (κ1) is 18.0. The molecule has 0 spiro atoms. The second-order valence-corrected chi connectivity index (χ2v) is 6.98. The second-order valence-electron chi connectivity index (χ2n) is 6.32. The minimum Gasteiger partial charge on any atom is -0.444 e. The Hall–Kier alpha value is -1.08. The van der Waals surface area contributed by atoms with Crippen LogP contribution in [0.15, 0.2) is 24.3 Å². The topological polar surface area (TPSA) is 29.5 Å². The van der Waals surface area contributed by atoms with Crippen LogP contribution in [-0.4, -0.2) is 29.7 Å². The molecule has 0 heterocycles. The summed E-state index contributed by atoms with van der Waals surface area (Å²) >= 11 is 0. The first-order valence-corrected chi connectivity index (χ1v) is 8.22. The van der Waals surface area contributed by atoms with Gasteiger partial charge in [-0.15, -0.1) is 9.24 Å². The van der Waals surface area contributed by atoms with Gasteiger partial charge in [0.05, 0.1) is 0 Å². The molecule has 0 fully saturated rings. The smallest absolute Gasteiger partial charge is 0.410 e. The lowest BCUT2D eigenvalue weighted by Crippen LogP contribution is -2.38. The summed E-state index contributed by atoms with van der Waals surface area (Å²) in [5.74, 6) is 0. The van der Waals surface area contributed by atoms with Crippen LogP contribution in [0.25, 0.3) is 0 Å². The normalized spacial score (nSPS) is 11.3. The lowest BCUT2D eigenvalue weighted by atomic mass is 10.1. The van der Waals surface area contributed by atoms with Gasteiger partial charge in [-0.05, 0) is 50.9 Å². The summed E-state index contributed by atoms with van der Waals surface area (Å²) in [6, 6.07) is 8.43. The molecule has 0 aromatic heterocycles. The third kappa shape index (κ3) is 7.47. The maximum atomic E-state index is 12.1. The fourth-order valence-corrected chi connectivity index (χ4v) is 2.44. The van der Waals surface area contributed by atoms with E-state index < -0.39 is 5.60 Å². The van der Waals surface area contributed by atoms with Gasteiger partial charge in [0.15, 0.2) is 0 Å². The van der Waals surface area contributed by atoms with Gasteiger partial charge in [-0.2, -0.15) is 0 Å². The van der Waals surface area contributed by atoms with Crippen molar-refractivity contribution in [1.29, 1.82) is 0 Å². The second kappa shape index (κ2) is 8.38. The standard InChI is InChI=1S/C17H28NO2P/c1-5-11-18(16(19)20-17(2,3)4)12-7-9-14-8-6-10-15(21)13-14/h6,8,10,13H,5,7,9,11-12,21H2,1-4H3. The van der Waals surface area contributed by atoms with Crippen LogP contribution in [0, 0.1) is 0 Å². The molecule has 1 atom stereocenters. The van der Waals surface area contributed by atoms with Crippen molar-refractivity contribution in [2.24, 2.45) is 0 Å². The van der Waals surface area contributed by atoms with E-state index in [-0.39, 0.29) is 6.09 Å². The Morgan fingerprint density at radius 3 is 2.57 bits per heavy atom. The van der Waals surface area contributed by atoms with Crippen molar-refractivity contribution in [2.75, 3.05) is 13.1 Å². The summed E-state index contributed by atoms with van der Waals surface area (Å²) in [6.07, 6.45) is 2.67. The molecule has 0 saturated carbocycles. The van der Waals surface area contributed by atoms with E-state index >= 15 is 0 Å². The lowest BCUT2D eigenvalue weighted by molar-refractivity contribution is 0.0248. The van der Waals surface area contributed by atoms with E-state index in [1.807, 2.05) is 25.7 Å². The molecule has 0 bridgehead atoms. The summed E-state index contributed by atoms with van der Waals surface area (Å²) in [4.78, 5) is 14.0. The molecule has 0 saturated heterocycles. The molecule has 1 amide bonds. The molecule has 0 aliphatic rings. The largest absolute Gasteiger partial charge is 0.444 e. The average molecular weight is 309 g/mol. The van der Waals surface area contributed by atoms with Crippen LogP contribution >= 0.6 is 9.24 Å². The molecule has 0 N–H and O–H groups in total. The van der Waals surface area contributed by atoms with Gasteiger partial charge in [0.1, 0.15) is 5.60 Å². The zero-order chi connectivity index (χ0) is 15.9. The first-order valence-electron chi connectivity index (χ1n) is 7.64. The van der Waals surface area contributed by atoms with Gasteiger partial charge in [0, 0.05) is 13.1 Å². The summed E-state index contributed by atoms with van der Waals surface area (Å²) in [6.45, 7) is 9.27. The Morgan fingerprint density at radius 1 is 1.29 bits per heavy atom. The molecule has 1 unspecified atom stereocenters. The fraction of sp³-hybridized carbons (Fsp3) is 0.588. The highest BCUT2D eigenvalue weighted by molar-refractivity contribution is 7.27. The number of carbonyl (C=O) groups excluding carboxylic acids is 1. The van der Waals surface area contributed by atoms with Crippen LogP contribution < -0.4 is 5.30 Å². The van der Waals surface area contributed by atoms with Crippen molar-refractivity contribution in [1.82, 2.24) is 4.90 Å². The Kier molecular flexibility index (Phi) is 7.17. The number of rotatable bonds is 6. The SMILES string of the molecule is CCCN(CCCc1cccc(P)c1)C(=O)OC(C)(C)C. The molecule has 0 aliphatic carbocycles. The van der Waals surface area contributed by atoms with E-state index in [9.17, 15) is 4.79 Å². The molecule has 0 radical (unpaired) electrons. The quantitative estimate of drug-likeness (QED) is 0.749. The van der Waals surface area contributed by atoms with Gasteiger partial charge in [0.25, 0.3) is 0 Å². The van der Waals surface area contributed by atoms with E-state index in [2.05, 4.69) is 40.4 Å². The maximum Gasteiger partial charge on any atom is 0.410 e. The van der Waals surface area contributed by atoms with Crippen LogP contribution in [0.2, 0.25) is 0 Å². The van der Waals surface area contributed by atoms with Gasteiger partial charge in [-0.3, -0.25) is 0 Å². The number of ether oxygens (including phenoxy) is 1. The van der Waals surface area contributed by atoms with Crippen molar-refractivity contribution < 1.29 is 9.53 Å². The number of hydrogen-bond donors (Lipinski definition) is 0. The van der Waals surface area contributed by atoms with Crippen molar-refractivity contribution in [2.45, 2.75) is 52.6 Å². The summed E-state index contributed by atoms with van der Waals surface area (Å²) in [5.41, 5.74) is 0.875. The van der Waals surface area contributed by atoms with E-state index in [0.29, 0.717) is 0 Å². The molecule has 4 heteroatoms. The van der Waals surface area contributed by atoms with Crippen LogP contribution in [0.1, 0.15) is 46.1 Å². The highest BCUT2D eigenvalue weighted by Gasteiger charge is 2.21. The van der Waals surface area contributed by atoms with Crippen molar-refractivity contribution in [3.8, 4) is 0 Å². The van der Waals surface area contributed by atoms with E-state index in [1.165, 1.54) is 10.9 Å². The minimum atomic E-state index is -0.434. The predicted molar refractivity (Wildman–Crippen MR) is 92.2 cm³/mol.